The molecule has 0 saturated heterocycles. The smallest absolute Gasteiger partial charge is 0.134 e. The van der Waals surface area contributed by atoms with Gasteiger partial charge in [-0.1, -0.05) is 34.6 Å². The first-order valence-electron chi connectivity index (χ1n) is 7.69. The SMILES string of the molecule is CCc1nc(NC)c(C)c(NCC(C(C)C)C(C)C)n1. The molecule has 1 heterocycles. The molecule has 0 unspecified atom stereocenters. The Labute approximate surface area is 123 Å². The molecule has 4 nitrogen and oxygen atoms in total. The predicted molar refractivity (Wildman–Crippen MR) is 87.3 cm³/mol. The summed E-state index contributed by atoms with van der Waals surface area (Å²) in [5.41, 5.74) is 1.09. The fourth-order valence-corrected chi connectivity index (χ4v) is 2.59. The summed E-state index contributed by atoms with van der Waals surface area (Å²) < 4.78 is 0. The highest BCUT2D eigenvalue weighted by atomic mass is 15.1. The van der Waals surface area contributed by atoms with Crippen LogP contribution in [0, 0.1) is 24.7 Å². The quantitative estimate of drug-likeness (QED) is 0.798. The predicted octanol–water partition coefficient (Wildman–Crippen LogP) is 3.73. The largest absolute Gasteiger partial charge is 0.373 e. The van der Waals surface area contributed by atoms with Gasteiger partial charge in [-0.3, -0.25) is 0 Å². The number of nitrogens with zero attached hydrogens (tertiary/aromatic N) is 2. The molecule has 0 atom stereocenters. The van der Waals surface area contributed by atoms with E-state index >= 15 is 0 Å². The van der Waals surface area contributed by atoms with Crippen molar-refractivity contribution in [2.24, 2.45) is 17.8 Å². The number of hydrogen-bond acceptors (Lipinski definition) is 4. The minimum Gasteiger partial charge on any atom is -0.373 e. The van der Waals surface area contributed by atoms with E-state index in [1.807, 2.05) is 7.05 Å². The van der Waals surface area contributed by atoms with Crippen LogP contribution < -0.4 is 10.6 Å². The number of aromatic nitrogens is 2. The Kier molecular flexibility index (Phi) is 6.24. The van der Waals surface area contributed by atoms with E-state index in [1.165, 1.54) is 0 Å². The summed E-state index contributed by atoms with van der Waals surface area (Å²) in [7, 11) is 1.91. The molecule has 1 aromatic heterocycles. The van der Waals surface area contributed by atoms with E-state index in [9.17, 15) is 0 Å². The van der Waals surface area contributed by atoms with Gasteiger partial charge in [-0.2, -0.15) is 0 Å². The molecule has 0 radical (unpaired) electrons. The lowest BCUT2D eigenvalue weighted by Gasteiger charge is -2.26. The molecule has 0 aliphatic heterocycles. The number of anilines is 2. The maximum Gasteiger partial charge on any atom is 0.134 e. The van der Waals surface area contributed by atoms with Gasteiger partial charge in [0, 0.05) is 25.6 Å². The number of aryl methyl sites for hydroxylation is 1. The summed E-state index contributed by atoms with van der Waals surface area (Å²) in [5.74, 6) is 4.75. The minimum absolute atomic E-state index is 0.646. The van der Waals surface area contributed by atoms with Gasteiger partial charge in [0.15, 0.2) is 0 Å². The molecular weight excluding hydrogens is 248 g/mol. The maximum absolute atomic E-state index is 4.63. The van der Waals surface area contributed by atoms with Crippen molar-refractivity contribution >= 4 is 11.6 Å². The number of rotatable bonds is 7. The summed E-state index contributed by atoms with van der Waals surface area (Å²) in [6, 6.07) is 0. The molecule has 1 aromatic rings. The molecule has 0 saturated carbocycles. The monoisotopic (exact) mass is 278 g/mol. The lowest BCUT2D eigenvalue weighted by atomic mass is 9.85. The van der Waals surface area contributed by atoms with E-state index in [2.05, 4.69) is 62.1 Å². The fraction of sp³-hybridized carbons (Fsp3) is 0.750. The van der Waals surface area contributed by atoms with Crippen molar-refractivity contribution in [2.75, 3.05) is 24.2 Å². The van der Waals surface area contributed by atoms with Crippen LogP contribution in [0.15, 0.2) is 0 Å². The molecule has 0 aliphatic carbocycles. The van der Waals surface area contributed by atoms with Gasteiger partial charge in [0.1, 0.15) is 17.5 Å². The number of nitrogens with one attached hydrogen (secondary N) is 2. The van der Waals surface area contributed by atoms with Gasteiger partial charge in [-0.25, -0.2) is 9.97 Å². The molecular formula is C16H30N4. The second kappa shape index (κ2) is 7.46. The summed E-state index contributed by atoms with van der Waals surface area (Å²) in [6.07, 6.45) is 0.849. The third kappa shape index (κ3) is 4.09. The Morgan fingerprint density at radius 1 is 1.00 bits per heavy atom. The molecule has 0 bridgehead atoms. The van der Waals surface area contributed by atoms with E-state index in [0.717, 1.165) is 36.0 Å². The molecule has 0 amide bonds. The molecule has 2 N–H and O–H groups in total. The van der Waals surface area contributed by atoms with Gasteiger partial charge in [0.2, 0.25) is 0 Å². The molecule has 1 rings (SSSR count). The zero-order valence-electron chi connectivity index (χ0n) is 14.0. The van der Waals surface area contributed by atoms with Crippen LogP contribution >= 0.6 is 0 Å². The first-order chi connectivity index (χ1) is 9.40. The van der Waals surface area contributed by atoms with E-state index in [0.29, 0.717) is 17.8 Å². The minimum atomic E-state index is 0.646. The van der Waals surface area contributed by atoms with Crippen molar-refractivity contribution in [3.05, 3.63) is 11.4 Å². The van der Waals surface area contributed by atoms with Crippen molar-refractivity contribution in [3.63, 3.8) is 0 Å². The molecule has 0 fully saturated rings. The Bertz CT molecular complexity index is 419. The third-order valence-corrected chi connectivity index (χ3v) is 3.96. The van der Waals surface area contributed by atoms with Crippen LogP contribution in [0.25, 0.3) is 0 Å². The summed E-state index contributed by atoms with van der Waals surface area (Å²) in [5, 5.41) is 6.69. The van der Waals surface area contributed by atoms with Crippen molar-refractivity contribution in [1.82, 2.24) is 9.97 Å². The second-order valence-corrected chi connectivity index (χ2v) is 6.10. The van der Waals surface area contributed by atoms with Crippen molar-refractivity contribution in [1.29, 1.82) is 0 Å². The molecule has 20 heavy (non-hydrogen) atoms. The average molecular weight is 278 g/mol. The Morgan fingerprint density at radius 2 is 1.55 bits per heavy atom. The van der Waals surface area contributed by atoms with E-state index in [-0.39, 0.29) is 0 Å². The van der Waals surface area contributed by atoms with Gasteiger partial charge >= 0.3 is 0 Å². The highest BCUT2D eigenvalue weighted by molar-refractivity contribution is 5.57. The van der Waals surface area contributed by atoms with Crippen molar-refractivity contribution < 1.29 is 0 Å². The van der Waals surface area contributed by atoms with Crippen LogP contribution in [0.1, 0.15) is 46.0 Å². The second-order valence-electron chi connectivity index (χ2n) is 6.10. The van der Waals surface area contributed by atoms with Crippen LogP contribution in [0.4, 0.5) is 11.6 Å². The topological polar surface area (TPSA) is 49.8 Å². The molecule has 114 valence electrons. The zero-order valence-corrected chi connectivity index (χ0v) is 14.0. The average Bonchev–Trinajstić information content (AvgIpc) is 2.39. The summed E-state index contributed by atoms with van der Waals surface area (Å²) in [6.45, 7) is 14.3. The Morgan fingerprint density at radius 3 is 2.00 bits per heavy atom. The van der Waals surface area contributed by atoms with Gasteiger partial charge in [-0.05, 0) is 24.7 Å². The molecule has 0 aliphatic rings. The first kappa shape index (κ1) is 16.7. The van der Waals surface area contributed by atoms with E-state index < -0.39 is 0 Å². The Balaban J connectivity index is 2.91. The zero-order chi connectivity index (χ0) is 15.3. The highest BCUT2D eigenvalue weighted by Gasteiger charge is 2.18. The van der Waals surface area contributed by atoms with Gasteiger partial charge in [0.05, 0.1) is 0 Å². The van der Waals surface area contributed by atoms with Crippen LogP contribution in [-0.4, -0.2) is 23.6 Å². The molecule has 4 heteroatoms. The van der Waals surface area contributed by atoms with Crippen molar-refractivity contribution in [2.45, 2.75) is 48.0 Å². The third-order valence-electron chi connectivity index (χ3n) is 3.96. The van der Waals surface area contributed by atoms with Crippen LogP contribution in [0.3, 0.4) is 0 Å². The van der Waals surface area contributed by atoms with Crippen molar-refractivity contribution in [3.8, 4) is 0 Å². The molecule has 0 spiro atoms. The van der Waals surface area contributed by atoms with Crippen LogP contribution in [0.5, 0.6) is 0 Å². The van der Waals surface area contributed by atoms with Crippen LogP contribution in [0.2, 0.25) is 0 Å². The highest BCUT2D eigenvalue weighted by Crippen LogP contribution is 2.24. The van der Waals surface area contributed by atoms with E-state index in [1.54, 1.807) is 0 Å². The van der Waals surface area contributed by atoms with Crippen LogP contribution in [-0.2, 0) is 6.42 Å². The fourth-order valence-electron chi connectivity index (χ4n) is 2.59. The maximum atomic E-state index is 4.63. The lowest BCUT2D eigenvalue weighted by Crippen LogP contribution is -2.25. The lowest BCUT2D eigenvalue weighted by molar-refractivity contribution is 0.304. The van der Waals surface area contributed by atoms with Gasteiger partial charge in [0.25, 0.3) is 0 Å². The van der Waals surface area contributed by atoms with Gasteiger partial charge in [-0.15, -0.1) is 0 Å². The molecule has 0 aromatic carbocycles. The standard InChI is InChI=1S/C16H30N4/c1-8-14-19-15(17-7)12(6)16(20-14)18-9-13(10(2)3)11(4)5/h10-11,13H,8-9H2,1-7H3,(H2,17,18,19,20). The number of hydrogen-bond donors (Lipinski definition) is 2. The normalized spacial score (nSPS) is 11.5. The van der Waals surface area contributed by atoms with E-state index in [4.69, 9.17) is 0 Å². The summed E-state index contributed by atoms with van der Waals surface area (Å²) in [4.78, 5) is 9.13. The van der Waals surface area contributed by atoms with Gasteiger partial charge < -0.3 is 10.6 Å². The summed E-state index contributed by atoms with van der Waals surface area (Å²) >= 11 is 0. The Hall–Kier alpha value is -1.32. The first-order valence-corrected chi connectivity index (χ1v) is 7.69.